The molecule has 40 heavy (non-hydrogen) atoms. The third-order valence-electron chi connectivity index (χ3n) is 6.36. The van der Waals surface area contributed by atoms with Gasteiger partial charge in [-0.1, -0.05) is 55.3 Å². The van der Waals surface area contributed by atoms with E-state index in [-0.39, 0.29) is 23.0 Å². The molecule has 0 heterocycles. The van der Waals surface area contributed by atoms with Crippen LogP contribution in [0.2, 0.25) is 0 Å². The fourth-order valence-corrected chi connectivity index (χ4v) is 4.08. The van der Waals surface area contributed by atoms with Crippen LogP contribution in [0, 0.1) is 6.92 Å². The van der Waals surface area contributed by atoms with Gasteiger partial charge < -0.3 is 15.0 Å². The van der Waals surface area contributed by atoms with Gasteiger partial charge in [-0.15, -0.1) is 0 Å². The zero-order valence-corrected chi connectivity index (χ0v) is 26.6. The first-order chi connectivity index (χ1) is 18.5. The number of unbranched alkanes of at least 4 members (excludes halogenated alkanes) is 2. The number of ether oxygens (including phenoxy) is 1. The van der Waals surface area contributed by atoms with Gasteiger partial charge in [-0.05, 0) is 64.8 Å². The van der Waals surface area contributed by atoms with Crippen molar-refractivity contribution in [2.24, 2.45) is 0 Å². The molecule has 1 rings (SSSR count). The molecule has 0 aliphatic heterocycles. The Bertz CT molecular complexity index is 825. The highest BCUT2D eigenvalue weighted by Gasteiger charge is 2.34. The molecule has 1 aromatic carbocycles. The summed E-state index contributed by atoms with van der Waals surface area (Å²) >= 11 is 0. The minimum atomic E-state index is -4.60. The molecule has 0 spiro atoms. The Labute approximate surface area is 240 Å². The number of amides is 1. The quantitative estimate of drug-likeness (QED) is 0.102. The molecule has 0 aromatic heterocycles. The molecule has 11 heteroatoms. The van der Waals surface area contributed by atoms with Crippen LogP contribution in [0.15, 0.2) is 18.2 Å². The van der Waals surface area contributed by atoms with Crippen LogP contribution in [0.3, 0.4) is 0 Å². The summed E-state index contributed by atoms with van der Waals surface area (Å²) in [5.74, 6) is -0.0293. The van der Waals surface area contributed by atoms with E-state index in [2.05, 4.69) is 19.2 Å². The number of nitrogens with one attached hydrogen (secondary N) is 1. The summed E-state index contributed by atoms with van der Waals surface area (Å²) in [5.41, 5.74) is -4.98. The largest absolute Gasteiger partial charge is 0.466 e. The Morgan fingerprint density at radius 2 is 1.55 bits per heavy atom. The van der Waals surface area contributed by atoms with Crippen LogP contribution in [0.4, 0.5) is 22.0 Å². The van der Waals surface area contributed by atoms with Gasteiger partial charge in [-0.3, -0.25) is 9.59 Å². The van der Waals surface area contributed by atoms with E-state index in [4.69, 9.17) is 4.74 Å². The molecule has 2 atom stereocenters. The monoisotopic (exact) mass is 600 g/mol. The highest BCUT2D eigenvalue weighted by molar-refractivity contribution is 7.17. The summed E-state index contributed by atoms with van der Waals surface area (Å²) < 4.78 is 67.4. The fourth-order valence-electron chi connectivity index (χ4n) is 3.92. The number of carbonyl (C=O) groups excluding carboxylic acids is 2. The fraction of sp³-hybridized carbons (Fsp3) is 0.724. The summed E-state index contributed by atoms with van der Waals surface area (Å²) in [4.78, 5) is 25.3. The van der Waals surface area contributed by atoms with E-state index in [0.717, 1.165) is 63.7 Å². The highest BCUT2D eigenvalue weighted by Crippen LogP contribution is 2.38. The lowest BCUT2D eigenvalue weighted by molar-refractivity contribution is -0.141. The van der Waals surface area contributed by atoms with Crippen molar-refractivity contribution in [2.45, 2.75) is 111 Å². The second-order valence-corrected chi connectivity index (χ2v) is 10.1. The van der Waals surface area contributed by atoms with E-state index >= 15 is 0 Å². The number of aryl methyl sites for hydroxylation is 1. The van der Waals surface area contributed by atoms with Crippen LogP contribution in [-0.2, 0) is 26.2 Å². The lowest BCUT2D eigenvalue weighted by Gasteiger charge is -2.34. The smallest absolute Gasteiger partial charge is 0.416 e. The number of benzene rings is 1. The zero-order valence-electron chi connectivity index (χ0n) is 25.4. The van der Waals surface area contributed by atoms with Gasteiger partial charge in [0.25, 0.3) is 5.66 Å². The third-order valence-corrected chi connectivity index (χ3v) is 6.69. The molecule has 1 N–H and O–H groups in total. The van der Waals surface area contributed by atoms with E-state index < -0.39 is 23.0 Å². The van der Waals surface area contributed by atoms with Crippen LogP contribution >= 0.6 is 9.24 Å². The summed E-state index contributed by atoms with van der Waals surface area (Å²) in [6.45, 7) is 15.0. The molecule has 0 aliphatic rings. The predicted molar refractivity (Wildman–Crippen MR) is 155 cm³/mol. The molecule has 234 valence electrons. The molecule has 0 radical (unpaired) electrons. The van der Waals surface area contributed by atoms with Gasteiger partial charge in [0.2, 0.25) is 5.91 Å². The number of alkyl halides is 5. The molecule has 0 aliphatic carbocycles. The minimum Gasteiger partial charge on any atom is -0.466 e. The van der Waals surface area contributed by atoms with Gasteiger partial charge in [0.05, 0.1) is 12.2 Å². The van der Waals surface area contributed by atoms with Crippen molar-refractivity contribution in [3.63, 3.8) is 0 Å². The summed E-state index contributed by atoms with van der Waals surface area (Å²) in [5, 5.41) is 3.39. The first-order valence-corrected chi connectivity index (χ1v) is 14.6. The normalized spacial score (nSPS) is 12.8. The topological polar surface area (TPSA) is 58.6 Å². The molecule has 2 unspecified atom stereocenters. The SMILES string of the molecule is CC.CCCCC(CC)(CC(=O)N(CC)CCCCOC(C)=O)NC.Cc1cc(C(F)(F)F)cc(C(F)(F)P)c1. The van der Waals surface area contributed by atoms with Crippen molar-refractivity contribution in [3.05, 3.63) is 34.9 Å². The average Bonchev–Trinajstić information content (AvgIpc) is 2.88. The molecule has 5 nitrogen and oxygen atoms in total. The van der Waals surface area contributed by atoms with Crippen LogP contribution in [0.5, 0.6) is 0 Å². The first-order valence-electron chi connectivity index (χ1n) is 14.0. The summed E-state index contributed by atoms with van der Waals surface area (Å²) in [6.07, 6.45) is 1.88. The van der Waals surface area contributed by atoms with E-state index in [9.17, 15) is 31.5 Å². The lowest BCUT2D eigenvalue weighted by atomic mass is 9.86. The number of nitrogens with zero attached hydrogens (tertiary/aromatic N) is 1. The molecule has 0 fully saturated rings. The molecule has 0 bridgehead atoms. The van der Waals surface area contributed by atoms with Crippen LogP contribution in [0.25, 0.3) is 0 Å². The van der Waals surface area contributed by atoms with Crippen LogP contribution in [0.1, 0.15) is 103 Å². The van der Waals surface area contributed by atoms with Crippen LogP contribution in [-0.4, -0.2) is 49.1 Å². The van der Waals surface area contributed by atoms with Crippen LogP contribution < -0.4 is 5.32 Å². The Morgan fingerprint density at radius 3 is 1.98 bits per heavy atom. The Kier molecular flexibility index (Phi) is 20.3. The highest BCUT2D eigenvalue weighted by atomic mass is 31.0. The zero-order chi connectivity index (χ0) is 31.6. The second-order valence-electron chi connectivity index (χ2n) is 9.39. The predicted octanol–water partition coefficient (Wildman–Crippen LogP) is 8.09. The average molecular weight is 601 g/mol. The number of halogens is 5. The van der Waals surface area contributed by atoms with E-state index in [1.54, 1.807) is 0 Å². The lowest BCUT2D eigenvalue weighted by Crippen LogP contribution is -2.47. The maximum atomic E-state index is 12.8. The third kappa shape index (κ3) is 16.5. The van der Waals surface area contributed by atoms with E-state index in [1.165, 1.54) is 23.1 Å². The van der Waals surface area contributed by atoms with Crippen molar-refractivity contribution in [3.8, 4) is 0 Å². The summed E-state index contributed by atoms with van der Waals surface area (Å²) in [7, 11) is 3.18. The van der Waals surface area contributed by atoms with Gasteiger partial charge >= 0.3 is 12.1 Å². The minimum absolute atomic E-state index is 0.0851. The maximum Gasteiger partial charge on any atom is 0.416 e. The molecule has 0 saturated heterocycles. The van der Waals surface area contributed by atoms with Crippen molar-refractivity contribution in [2.75, 3.05) is 26.7 Å². The number of carbonyl (C=O) groups is 2. The molecule has 1 aromatic rings. The van der Waals surface area contributed by atoms with Gasteiger partial charge in [0, 0.05) is 37.5 Å². The molecular formula is C29H50F5N2O3P. The van der Waals surface area contributed by atoms with Gasteiger partial charge in [0.15, 0.2) is 0 Å². The van der Waals surface area contributed by atoms with Crippen molar-refractivity contribution < 1.29 is 36.3 Å². The number of esters is 1. The Balaban J connectivity index is 0. The second kappa shape index (κ2) is 20.1. The number of hydrogen-bond donors (Lipinski definition) is 1. The number of hydrogen-bond acceptors (Lipinski definition) is 4. The standard InChI is InChI=1S/C18H36N2O3.C9H8F5P.C2H6/c1-6-9-12-18(7-2,19-5)15-17(22)20(8-3)13-10-11-14-23-16(4)21;1-5-2-6(8(10,11)12)4-7(3-5)9(13,14)15;1-2/h19H,6-15H2,1-5H3;2-4H,15H2,1H3;1-2H3. The van der Waals surface area contributed by atoms with Gasteiger partial charge in [0.1, 0.15) is 0 Å². The van der Waals surface area contributed by atoms with E-state index in [0.29, 0.717) is 19.1 Å². The van der Waals surface area contributed by atoms with Gasteiger partial charge in [-0.2, -0.15) is 22.0 Å². The first kappa shape index (κ1) is 40.3. The Morgan fingerprint density at radius 1 is 0.975 bits per heavy atom. The number of rotatable bonds is 14. The van der Waals surface area contributed by atoms with Crippen molar-refractivity contribution in [1.29, 1.82) is 0 Å². The molecular weight excluding hydrogens is 550 g/mol. The Hall–Kier alpha value is -1.80. The maximum absolute atomic E-state index is 12.8. The molecule has 1 amide bonds. The van der Waals surface area contributed by atoms with Gasteiger partial charge in [-0.25, -0.2) is 0 Å². The van der Waals surface area contributed by atoms with E-state index in [1.807, 2.05) is 32.7 Å². The van der Waals surface area contributed by atoms with Crippen molar-refractivity contribution in [1.82, 2.24) is 10.2 Å². The van der Waals surface area contributed by atoms with Crippen molar-refractivity contribution >= 4 is 21.1 Å². The molecule has 0 saturated carbocycles. The summed E-state index contributed by atoms with van der Waals surface area (Å²) in [6, 6.07) is 2.32.